The number of nitrogens with zero attached hydrogens (tertiary/aromatic N) is 1. The van der Waals surface area contributed by atoms with E-state index in [9.17, 15) is 0 Å². The molecular weight excluding hydrogens is 114 g/mol. The zero-order chi connectivity index (χ0) is 6.69. The predicted molar refractivity (Wildman–Crippen MR) is 37.2 cm³/mol. The zero-order valence-corrected chi connectivity index (χ0v) is 5.80. The summed E-state index contributed by atoms with van der Waals surface area (Å²) in [6.07, 6.45) is 3.79. The zero-order valence-electron chi connectivity index (χ0n) is 5.80. The summed E-state index contributed by atoms with van der Waals surface area (Å²) in [4.78, 5) is 2.12. The lowest BCUT2D eigenvalue weighted by Gasteiger charge is -2.22. The van der Waals surface area contributed by atoms with Crippen LogP contribution >= 0.6 is 0 Å². The van der Waals surface area contributed by atoms with E-state index in [1.54, 1.807) is 0 Å². The molecule has 0 unspecified atom stereocenters. The number of allylic oxidation sites excluding steroid dienone is 1. The van der Waals surface area contributed by atoms with Crippen molar-refractivity contribution in [3.8, 4) is 0 Å². The molecule has 0 aromatic rings. The SMILES string of the molecule is CCN1C=C(O)CCC1. The Bertz CT molecular complexity index is 120. The van der Waals surface area contributed by atoms with Crippen LogP contribution in [0.25, 0.3) is 0 Å². The summed E-state index contributed by atoms with van der Waals surface area (Å²) in [7, 11) is 0. The highest BCUT2D eigenvalue weighted by molar-refractivity contribution is 4.94. The van der Waals surface area contributed by atoms with E-state index in [-0.39, 0.29) is 0 Å². The van der Waals surface area contributed by atoms with Gasteiger partial charge in [-0.3, -0.25) is 0 Å². The van der Waals surface area contributed by atoms with Gasteiger partial charge in [0, 0.05) is 25.7 Å². The van der Waals surface area contributed by atoms with Gasteiger partial charge in [0.25, 0.3) is 0 Å². The van der Waals surface area contributed by atoms with Gasteiger partial charge >= 0.3 is 0 Å². The van der Waals surface area contributed by atoms with Crippen LogP contribution in [0.3, 0.4) is 0 Å². The third kappa shape index (κ3) is 1.63. The van der Waals surface area contributed by atoms with E-state index in [4.69, 9.17) is 5.11 Å². The normalized spacial score (nSPS) is 19.7. The summed E-state index contributed by atoms with van der Waals surface area (Å²) >= 11 is 0. The molecule has 0 spiro atoms. The molecule has 0 aromatic heterocycles. The Kier molecular flexibility index (Phi) is 1.98. The van der Waals surface area contributed by atoms with Gasteiger partial charge in [-0.05, 0) is 13.3 Å². The largest absolute Gasteiger partial charge is 0.511 e. The number of aliphatic hydroxyl groups excluding tert-OH is 1. The van der Waals surface area contributed by atoms with Gasteiger partial charge in [-0.25, -0.2) is 0 Å². The maximum absolute atomic E-state index is 9.03. The highest BCUT2D eigenvalue weighted by Gasteiger charge is 2.05. The van der Waals surface area contributed by atoms with Crippen molar-refractivity contribution < 1.29 is 5.11 Å². The van der Waals surface area contributed by atoms with Crippen LogP contribution < -0.4 is 0 Å². The molecule has 1 rings (SSSR count). The first-order valence-corrected chi connectivity index (χ1v) is 3.46. The maximum atomic E-state index is 9.03. The smallest absolute Gasteiger partial charge is 0.108 e. The molecule has 9 heavy (non-hydrogen) atoms. The molecule has 52 valence electrons. The van der Waals surface area contributed by atoms with Crippen molar-refractivity contribution >= 4 is 0 Å². The average molecular weight is 127 g/mol. The van der Waals surface area contributed by atoms with Gasteiger partial charge in [0.2, 0.25) is 0 Å². The van der Waals surface area contributed by atoms with Crippen molar-refractivity contribution in [1.82, 2.24) is 4.90 Å². The minimum Gasteiger partial charge on any atom is -0.511 e. The van der Waals surface area contributed by atoms with Crippen molar-refractivity contribution in [2.24, 2.45) is 0 Å². The molecule has 1 heterocycles. The van der Waals surface area contributed by atoms with Crippen LogP contribution in [0.15, 0.2) is 12.0 Å². The average Bonchev–Trinajstić information content (AvgIpc) is 1.88. The number of rotatable bonds is 1. The standard InChI is InChI=1S/C7H13NO/c1-2-8-5-3-4-7(9)6-8/h6,9H,2-5H2,1H3. The Labute approximate surface area is 55.8 Å². The maximum Gasteiger partial charge on any atom is 0.108 e. The number of hydrogen-bond donors (Lipinski definition) is 1. The van der Waals surface area contributed by atoms with Crippen molar-refractivity contribution in [2.45, 2.75) is 19.8 Å². The Morgan fingerprint density at radius 2 is 2.56 bits per heavy atom. The summed E-state index contributed by atoms with van der Waals surface area (Å²) in [5.74, 6) is 0.531. The monoisotopic (exact) mass is 127 g/mol. The van der Waals surface area contributed by atoms with E-state index in [0.717, 1.165) is 25.9 Å². The van der Waals surface area contributed by atoms with E-state index in [0.29, 0.717) is 5.76 Å². The van der Waals surface area contributed by atoms with Gasteiger partial charge in [-0.1, -0.05) is 0 Å². The fraction of sp³-hybridized carbons (Fsp3) is 0.714. The van der Waals surface area contributed by atoms with E-state index in [1.807, 2.05) is 6.20 Å². The fourth-order valence-corrected chi connectivity index (χ4v) is 1.05. The van der Waals surface area contributed by atoms with Crippen molar-refractivity contribution in [1.29, 1.82) is 0 Å². The van der Waals surface area contributed by atoms with E-state index in [1.165, 1.54) is 0 Å². The molecule has 2 nitrogen and oxygen atoms in total. The topological polar surface area (TPSA) is 23.5 Å². The molecule has 0 atom stereocenters. The molecule has 1 N–H and O–H groups in total. The third-order valence-electron chi connectivity index (χ3n) is 1.62. The van der Waals surface area contributed by atoms with Crippen LogP contribution in [0, 0.1) is 0 Å². The minimum atomic E-state index is 0.531. The molecule has 0 aliphatic carbocycles. The van der Waals surface area contributed by atoms with Gasteiger partial charge in [0.15, 0.2) is 0 Å². The first-order chi connectivity index (χ1) is 4.33. The quantitative estimate of drug-likeness (QED) is 0.577. The summed E-state index contributed by atoms with van der Waals surface area (Å²) in [6, 6.07) is 0. The van der Waals surface area contributed by atoms with Crippen LogP contribution in [-0.2, 0) is 0 Å². The molecule has 0 amide bonds. The molecule has 2 heteroatoms. The first-order valence-electron chi connectivity index (χ1n) is 3.46. The van der Waals surface area contributed by atoms with Crippen molar-refractivity contribution in [3.63, 3.8) is 0 Å². The molecule has 0 saturated carbocycles. The first kappa shape index (κ1) is 6.46. The highest BCUT2D eigenvalue weighted by atomic mass is 16.3. The van der Waals surface area contributed by atoms with Crippen molar-refractivity contribution in [3.05, 3.63) is 12.0 Å². The van der Waals surface area contributed by atoms with Crippen LogP contribution in [0.4, 0.5) is 0 Å². The predicted octanol–water partition coefficient (Wildman–Crippen LogP) is 1.50. The van der Waals surface area contributed by atoms with Crippen LogP contribution in [0.2, 0.25) is 0 Å². The van der Waals surface area contributed by atoms with Gasteiger partial charge in [-0.15, -0.1) is 0 Å². The van der Waals surface area contributed by atoms with Crippen LogP contribution in [0.1, 0.15) is 19.8 Å². The van der Waals surface area contributed by atoms with Gasteiger partial charge in [0.1, 0.15) is 5.76 Å². The van der Waals surface area contributed by atoms with E-state index >= 15 is 0 Å². The summed E-state index contributed by atoms with van der Waals surface area (Å²) in [5.41, 5.74) is 0. The second kappa shape index (κ2) is 2.76. The van der Waals surface area contributed by atoms with Crippen LogP contribution in [0.5, 0.6) is 0 Å². The molecule has 0 aromatic carbocycles. The van der Waals surface area contributed by atoms with Gasteiger partial charge < -0.3 is 10.0 Å². The molecule has 0 radical (unpaired) electrons. The Morgan fingerprint density at radius 3 is 3.00 bits per heavy atom. The molecule has 0 saturated heterocycles. The van der Waals surface area contributed by atoms with Crippen LogP contribution in [-0.4, -0.2) is 23.1 Å². The second-order valence-electron chi connectivity index (χ2n) is 2.35. The summed E-state index contributed by atoms with van der Waals surface area (Å²) in [6.45, 7) is 4.19. The van der Waals surface area contributed by atoms with E-state index in [2.05, 4.69) is 11.8 Å². The highest BCUT2D eigenvalue weighted by Crippen LogP contribution is 2.10. The number of hydrogen-bond acceptors (Lipinski definition) is 2. The number of aliphatic hydroxyl groups is 1. The second-order valence-corrected chi connectivity index (χ2v) is 2.35. The minimum absolute atomic E-state index is 0.531. The molecule has 0 bridgehead atoms. The van der Waals surface area contributed by atoms with E-state index < -0.39 is 0 Å². The summed E-state index contributed by atoms with van der Waals surface area (Å²) < 4.78 is 0. The Hall–Kier alpha value is -0.660. The van der Waals surface area contributed by atoms with Crippen molar-refractivity contribution in [2.75, 3.05) is 13.1 Å². The molecule has 0 fully saturated rings. The third-order valence-corrected chi connectivity index (χ3v) is 1.62. The fourth-order valence-electron chi connectivity index (χ4n) is 1.05. The lowest BCUT2D eigenvalue weighted by Crippen LogP contribution is -2.22. The van der Waals surface area contributed by atoms with Gasteiger partial charge in [0.05, 0.1) is 0 Å². The summed E-state index contributed by atoms with van der Waals surface area (Å²) in [5, 5.41) is 9.03. The molecule has 1 aliphatic heterocycles. The lowest BCUT2D eigenvalue weighted by atomic mass is 10.2. The van der Waals surface area contributed by atoms with Gasteiger partial charge in [-0.2, -0.15) is 0 Å². The molecular formula is C7H13NO. The Balaban J connectivity index is 2.47. The Morgan fingerprint density at radius 1 is 1.78 bits per heavy atom. The lowest BCUT2D eigenvalue weighted by molar-refractivity contribution is 0.291. The molecule has 1 aliphatic rings.